The Hall–Kier alpha value is -1.18. The molecule has 6 nitrogen and oxygen atoms in total. The Balaban J connectivity index is 1.72. The Kier molecular flexibility index (Phi) is 10.1. The molecule has 0 spiro atoms. The van der Waals surface area contributed by atoms with Crippen LogP contribution in [0.4, 0.5) is 0 Å². The molecule has 27 heavy (non-hydrogen) atoms. The predicted octanol–water partition coefficient (Wildman–Crippen LogP) is 2.69. The van der Waals surface area contributed by atoms with Gasteiger partial charge in [0.1, 0.15) is 0 Å². The molecule has 2 N–H and O–H groups in total. The van der Waals surface area contributed by atoms with Gasteiger partial charge in [0.15, 0.2) is 5.96 Å². The monoisotopic (exact) mass is 395 g/mol. The average Bonchev–Trinajstić information content (AvgIpc) is 3.11. The van der Waals surface area contributed by atoms with E-state index < -0.39 is 0 Å². The normalized spacial score (nSPS) is 16.9. The number of ether oxygens (including phenoxy) is 1. The second kappa shape index (κ2) is 12.3. The van der Waals surface area contributed by atoms with Crippen molar-refractivity contribution in [3.05, 3.63) is 16.1 Å². The van der Waals surface area contributed by atoms with Crippen LogP contribution in [0.1, 0.15) is 50.4 Å². The fourth-order valence-corrected chi connectivity index (χ4v) is 3.97. The summed E-state index contributed by atoms with van der Waals surface area (Å²) in [5, 5.41) is 8.18. The van der Waals surface area contributed by atoms with Crippen LogP contribution < -0.4 is 10.6 Å². The van der Waals surface area contributed by atoms with E-state index in [9.17, 15) is 0 Å². The molecule has 0 radical (unpaired) electrons. The van der Waals surface area contributed by atoms with Gasteiger partial charge in [-0.3, -0.25) is 4.99 Å². The van der Waals surface area contributed by atoms with Gasteiger partial charge in [0.05, 0.1) is 17.7 Å². The molecular formula is C20H37N5OS. The van der Waals surface area contributed by atoms with Gasteiger partial charge in [0.2, 0.25) is 0 Å². The number of thiazole rings is 1. The lowest BCUT2D eigenvalue weighted by Crippen LogP contribution is -2.49. The average molecular weight is 396 g/mol. The first-order valence-electron chi connectivity index (χ1n) is 10.4. The van der Waals surface area contributed by atoms with Crippen LogP contribution in [-0.2, 0) is 17.6 Å². The van der Waals surface area contributed by atoms with Gasteiger partial charge in [0.25, 0.3) is 0 Å². The highest BCUT2D eigenvalue weighted by molar-refractivity contribution is 7.11. The highest BCUT2D eigenvalue weighted by Gasteiger charge is 2.19. The summed E-state index contributed by atoms with van der Waals surface area (Å²) >= 11 is 1.80. The molecule has 0 unspecified atom stereocenters. The van der Waals surface area contributed by atoms with E-state index in [1.54, 1.807) is 11.3 Å². The van der Waals surface area contributed by atoms with Gasteiger partial charge in [0, 0.05) is 56.3 Å². The molecule has 1 aliphatic rings. The van der Waals surface area contributed by atoms with Gasteiger partial charge in [-0.25, -0.2) is 4.98 Å². The quantitative estimate of drug-likeness (QED) is 0.471. The van der Waals surface area contributed by atoms with E-state index in [-0.39, 0.29) is 0 Å². The van der Waals surface area contributed by atoms with Crippen molar-refractivity contribution < 1.29 is 4.74 Å². The summed E-state index contributed by atoms with van der Waals surface area (Å²) < 4.78 is 5.67. The summed E-state index contributed by atoms with van der Waals surface area (Å²) in [4.78, 5) is 13.1. The number of hydrogen-bond acceptors (Lipinski definition) is 5. The zero-order valence-corrected chi connectivity index (χ0v) is 18.3. The van der Waals surface area contributed by atoms with Crippen molar-refractivity contribution in [2.24, 2.45) is 4.99 Å². The van der Waals surface area contributed by atoms with E-state index in [1.807, 2.05) is 6.20 Å². The summed E-state index contributed by atoms with van der Waals surface area (Å²) in [6.07, 6.45) is 6.59. The minimum absolute atomic E-state index is 0.320. The van der Waals surface area contributed by atoms with Crippen LogP contribution in [0.2, 0.25) is 0 Å². The molecule has 2 heterocycles. The number of aromatic nitrogens is 1. The van der Waals surface area contributed by atoms with Crippen LogP contribution in [0.15, 0.2) is 11.2 Å². The molecule has 0 saturated carbocycles. The van der Waals surface area contributed by atoms with Crippen LogP contribution in [0.3, 0.4) is 0 Å². The zero-order chi connectivity index (χ0) is 19.5. The van der Waals surface area contributed by atoms with Crippen molar-refractivity contribution in [3.63, 3.8) is 0 Å². The van der Waals surface area contributed by atoms with Gasteiger partial charge in [-0.1, -0.05) is 6.92 Å². The molecule has 0 atom stereocenters. The molecule has 0 amide bonds. The van der Waals surface area contributed by atoms with Crippen molar-refractivity contribution in [2.75, 3.05) is 39.3 Å². The number of aliphatic imine (C=N–C) groups is 1. The minimum Gasteiger partial charge on any atom is -0.377 e. The molecule has 7 heteroatoms. The number of nitrogens with zero attached hydrogens (tertiary/aromatic N) is 3. The summed E-state index contributed by atoms with van der Waals surface area (Å²) in [7, 11) is 0. The number of piperidine rings is 1. The van der Waals surface area contributed by atoms with Crippen molar-refractivity contribution in [2.45, 2.75) is 65.5 Å². The fraction of sp³-hybridized carbons (Fsp3) is 0.800. The van der Waals surface area contributed by atoms with E-state index in [4.69, 9.17) is 9.73 Å². The third-order valence-electron chi connectivity index (χ3n) is 4.68. The first-order chi connectivity index (χ1) is 13.1. The maximum absolute atomic E-state index is 5.67. The number of nitrogens with one attached hydrogen (secondary N) is 2. The Labute approximate surface area is 168 Å². The second-order valence-electron chi connectivity index (χ2n) is 7.26. The summed E-state index contributed by atoms with van der Waals surface area (Å²) in [5.74, 6) is 0.936. The highest BCUT2D eigenvalue weighted by Crippen LogP contribution is 2.14. The highest BCUT2D eigenvalue weighted by atomic mass is 32.1. The summed E-state index contributed by atoms with van der Waals surface area (Å²) in [5.41, 5.74) is 0. The molecule has 1 fully saturated rings. The van der Waals surface area contributed by atoms with Crippen LogP contribution in [0.5, 0.6) is 0 Å². The topological polar surface area (TPSA) is 61.8 Å². The lowest BCUT2D eigenvalue weighted by molar-refractivity contribution is 0.0532. The smallest absolute Gasteiger partial charge is 0.191 e. The molecule has 1 saturated heterocycles. The van der Waals surface area contributed by atoms with Gasteiger partial charge in [-0.2, -0.15) is 0 Å². The van der Waals surface area contributed by atoms with E-state index in [1.165, 1.54) is 9.88 Å². The Morgan fingerprint density at radius 3 is 2.78 bits per heavy atom. The largest absolute Gasteiger partial charge is 0.377 e. The molecular weight excluding hydrogens is 358 g/mol. The minimum atomic E-state index is 0.320. The number of likely N-dealkylation sites (tertiary alicyclic amines) is 1. The van der Waals surface area contributed by atoms with E-state index in [0.717, 1.165) is 71.0 Å². The molecule has 0 bridgehead atoms. The molecule has 1 aromatic heterocycles. The van der Waals surface area contributed by atoms with Crippen molar-refractivity contribution >= 4 is 17.3 Å². The second-order valence-corrected chi connectivity index (χ2v) is 8.46. The van der Waals surface area contributed by atoms with E-state index in [2.05, 4.69) is 48.2 Å². The third-order valence-corrected chi connectivity index (χ3v) is 5.88. The lowest BCUT2D eigenvalue weighted by atomic mass is 10.1. The van der Waals surface area contributed by atoms with Crippen molar-refractivity contribution in [1.82, 2.24) is 20.5 Å². The lowest BCUT2D eigenvalue weighted by Gasteiger charge is -2.33. The first kappa shape index (κ1) is 22.1. The van der Waals surface area contributed by atoms with Crippen LogP contribution in [0, 0.1) is 0 Å². The SMILES string of the molecule is CCNC(=NCCc1ncc(CC)s1)NC1CCN(CCOC(C)C)CC1. The molecule has 0 aliphatic carbocycles. The number of hydrogen-bond donors (Lipinski definition) is 2. The molecule has 0 aromatic carbocycles. The van der Waals surface area contributed by atoms with Gasteiger partial charge >= 0.3 is 0 Å². The molecule has 1 aliphatic heterocycles. The van der Waals surface area contributed by atoms with Crippen molar-refractivity contribution in [1.29, 1.82) is 0 Å². The number of rotatable bonds is 10. The summed E-state index contributed by atoms with van der Waals surface area (Å²) in [6, 6.07) is 0.497. The number of aryl methyl sites for hydroxylation is 1. The van der Waals surface area contributed by atoms with Crippen LogP contribution in [-0.4, -0.2) is 67.3 Å². The predicted molar refractivity (Wildman–Crippen MR) is 115 cm³/mol. The number of guanidine groups is 1. The van der Waals surface area contributed by atoms with Gasteiger partial charge in [-0.05, 0) is 40.0 Å². The van der Waals surface area contributed by atoms with Crippen LogP contribution in [0.25, 0.3) is 0 Å². The fourth-order valence-electron chi connectivity index (χ4n) is 3.12. The maximum Gasteiger partial charge on any atom is 0.191 e. The zero-order valence-electron chi connectivity index (χ0n) is 17.5. The molecule has 2 rings (SSSR count). The van der Waals surface area contributed by atoms with Crippen molar-refractivity contribution in [3.8, 4) is 0 Å². The molecule has 154 valence electrons. The van der Waals surface area contributed by atoms with Gasteiger partial charge in [-0.15, -0.1) is 11.3 Å². The van der Waals surface area contributed by atoms with Crippen LogP contribution >= 0.6 is 11.3 Å². The molecule has 1 aromatic rings. The van der Waals surface area contributed by atoms with E-state index in [0.29, 0.717) is 12.1 Å². The van der Waals surface area contributed by atoms with E-state index >= 15 is 0 Å². The van der Waals surface area contributed by atoms with Gasteiger partial charge < -0.3 is 20.3 Å². The maximum atomic E-state index is 5.67. The summed E-state index contributed by atoms with van der Waals surface area (Å²) in [6.45, 7) is 14.2. The Morgan fingerprint density at radius 1 is 1.37 bits per heavy atom. The Morgan fingerprint density at radius 2 is 2.15 bits per heavy atom. The third kappa shape index (κ3) is 8.58. The standard InChI is InChI=1S/C20H37N5OS/c1-5-18-15-23-19(27-18)7-10-22-20(21-6-2)24-17-8-11-25(12-9-17)13-14-26-16(3)4/h15-17H,5-14H2,1-4H3,(H2,21,22,24). The first-order valence-corrected chi connectivity index (χ1v) is 11.2. The Bertz CT molecular complexity index is 552.